The van der Waals surface area contributed by atoms with Crippen LogP contribution in [0.2, 0.25) is 0 Å². The fraction of sp³-hybridized carbons (Fsp3) is 0.600. The molecule has 0 bridgehead atoms. The maximum Gasteiger partial charge on any atom is 0.318 e. The summed E-state index contributed by atoms with van der Waals surface area (Å²) in [5.41, 5.74) is 0. The number of urea groups is 1. The molecule has 2 rings (SSSR count). The third-order valence-electron chi connectivity index (χ3n) is 3.52. The van der Waals surface area contributed by atoms with Crippen molar-refractivity contribution >= 4 is 6.03 Å². The van der Waals surface area contributed by atoms with Crippen LogP contribution in [0.5, 0.6) is 0 Å². The van der Waals surface area contributed by atoms with E-state index in [9.17, 15) is 4.79 Å². The molecular formula is C15H24N6O2. The minimum absolute atomic E-state index is 0.179. The standard InChI is InChI=1S/C15H24N6O2/c1-5-12-18-14(23-19-12)10-20(6-2)15(22)17-9-13-16-7-8-21(13)11(3)4/h7-8,11H,5-6,9-10H2,1-4H3,(H,17,22). The minimum atomic E-state index is -0.179. The van der Waals surface area contributed by atoms with Crippen LogP contribution in [0.3, 0.4) is 0 Å². The van der Waals surface area contributed by atoms with E-state index in [4.69, 9.17) is 4.52 Å². The molecule has 2 heterocycles. The van der Waals surface area contributed by atoms with E-state index >= 15 is 0 Å². The van der Waals surface area contributed by atoms with Gasteiger partial charge in [0.2, 0.25) is 5.89 Å². The number of amides is 2. The van der Waals surface area contributed by atoms with E-state index in [0.717, 1.165) is 5.82 Å². The molecule has 0 unspecified atom stereocenters. The van der Waals surface area contributed by atoms with E-state index in [1.165, 1.54) is 0 Å². The van der Waals surface area contributed by atoms with Gasteiger partial charge in [0, 0.05) is 31.4 Å². The van der Waals surface area contributed by atoms with Crippen molar-refractivity contribution in [2.75, 3.05) is 6.54 Å². The first-order chi connectivity index (χ1) is 11.0. The Hall–Kier alpha value is -2.38. The van der Waals surface area contributed by atoms with E-state index in [1.54, 1.807) is 11.1 Å². The highest BCUT2D eigenvalue weighted by Gasteiger charge is 2.16. The monoisotopic (exact) mass is 320 g/mol. The molecule has 23 heavy (non-hydrogen) atoms. The van der Waals surface area contributed by atoms with Crippen LogP contribution in [0.25, 0.3) is 0 Å². The van der Waals surface area contributed by atoms with Crippen LogP contribution in [0, 0.1) is 0 Å². The van der Waals surface area contributed by atoms with E-state index in [-0.39, 0.29) is 6.03 Å². The molecule has 2 amide bonds. The Labute approximate surface area is 135 Å². The van der Waals surface area contributed by atoms with Crippen molar-refractivity contribution in [1.82, 2.24) is 29.9 Å². The lowest BCUT2D eigenvalue weighted by Gasteiger charge is -2.20. The van der Waals surface area contributed by atoms with Gasteiger partial charge in [-0.25, -0.2) is 9.78 Å². The lowest BCUT2D eigenvalue weighted by Crippen LogP contribution is -2.39. The summed E-state index contributed by atoms with van der Waals surface area (Å²) < 4.78 is 7.17. The Morgan fingerprint density at radius 2 is 2.22 bits per heavy atom. The molecule has 0 saturated carbocycles. The lowest BCUT2D eigenvalue weighted by molar-refractivity contribution is 0.188. The number of aryl methyl sites for hydroxylation is 1. The largest absolute Gasteiger partial charge is 0.337 e. The Morgan fingerprint density at radius 3 is 2.83 bits per heavy atom. The molecule has 0 aliphatic carbocycles. The van der Waals surface area contributed by atoms with Crippen LogP contribution in [0.4, 0.5) is 4.79 Å². The first kappa shape index (κ1) is 17.0. The molecule has 0 aromatic carbocycles. The zero-order valence-electron chi connectivity index (χ0n) is 14.1. The van der Waals surface area contributed by atoms with Gasteiger partial charge in [0.15, 0.2) is 5.82 Å². The van der Waals surface area contributed by atoms with E-state index < -0.39 is 0 Å². The van der Waals surface area contributed by atoms with Gasteiger partial charge >= 0.3 is 6.03 Å². The van der Waals surface area contributed by atoms with Crippen LogP contribution in [-0.2, 0) is 19.5 Å². The number of nitrogens with zero attached hydrogens (tertiary/aromatic N) is 5. The number of hydrogen-bond acceptors (Lipinski definition) is 5. The van der Waals surface area contributed by atoms with Crippen molar-refractivity contribution in [2.24, 2.45) is 0 Å². The van der Waals surface area contributed by atoms with Gasteiger partial charge < -0.3 is 19.3 Å². The topological polar surface area (TPSA) is 89.1 Å². The normalized spacial score (nSPS) is 11.0. The molecule has 8 heteroatoms. The molecule has 0 atom stereocenters. The average molecular weight is 320 g/mol. The number of carbonyl (C=O) groups is 1. The predicted molar refractivity (Wildman–Crippen MR) is 84.6 cm³/mol. The van der Waals surface area contributed by atoms with Gasteiger partial charge in [0.05, 0.1) is 6.54 Å². The third-order valence-corrected chi connectivity index (χ3v) is 3.52. The fourth-order valence-electron chi connectivity index (χ4n) is 2.21. The van der Waals surface area contributed by atoms with Crippen LogP contribution in [-0.4, -0.2) is 37.2 Å². The van der Waals surface area contributed by atoms with E-state index in [0.29, 0.717) is 43.8 Å². The van der Waals surface area contributed by atoms with Crippen molar-refractivity contribution in [2.45, 2.75) is 53.2 Å². The minimum Gasteiger partial charge on any atom is -0.337 e. The van der Waals surface area contributed by atoms with Gasteiger partial charge in [-0.2, -0.15) is 4.98 Å². The molecule has 0 aliphatic rings. The van der Waals surface area contributed by atoms with Crippen LogP contribution in [0.15, 0.2) is 16.9 Å². The van der Waals surface area contributed by atoms with Crippen LogP contribution < -0.4 is 5.32 Å². The summed E-state index contributed by atoms with van der Waals surface area (Å²) in [6.45, 7) is 9.24. The van der Waals surface area contributed by atoms with Crippen LogP contribution >= 0.6 is 0 Å². The molecule has 126 valence electrons. The zero-order chi connectivity index (χ0) is 16.8. The molecule has 0 spiro atoms. The van der Waals surface area contributed by atoms with Gasteiger partial charge in [-0.3, -0.25) is 0 Å². The molecule has 2 aromatic rings. The highest BCUT2D eigenvalue weighted by molar-refractivity contribution is 5.73. The van der Waals surface area contributed by atoms with Crippen molar-refractivity contribution in [3.8, 4) is 0 Å². The summed E-state index contributed by atoms with van der Waals surface area (Å²) in [6.07, 6.45) is 4.36. The number of carbonyl (C=O) groups excluding carboxylic acids is 1. The van der Waals surface area contributed by atoms with Gasteiger partial charge in [-0.15, -0.1) is 0 Å². The van der Waals surface area contributed by atoms with Gasteiger partial charge in [-0.05, 0) is 20.8 Å². The Bertz CT molecular complexity index is 633. The quantitative estimate of drug-likeness (QED) is 0.844. The molecular weight excluding hydrogens is 296 g/mol. The summed E-state index contributed by atoms with van der Waals surface area (Å²) in [7, 11) is 0. The van der Waals surface area contributed by atoms with Gasteiger partial charge in [-0.1, -0.05) is 12.1 Å². The SMILES string of the molecule is CCc1noc(CN(CC)C(=O)NCc2nccn2C(C)C)n1. The lowest BCUT2D eigenvalue weighted by atomic mass is 10.4. The second-order valence-corrected chi connectivity index (χ2v) is 5.48. The van der Waals surface area contributed by atoms with Crippen molar-refractivity contribution < 1.29 is 9.32 Å². The predicted octanol–water partition coefficient (Wildman–Crippen LogP) is 2.14. The maximum atomic E-state index is 12.3. The molecule has 2 aromatic heterocycles. The van der Waals surface area contributed by atoms with E-state index in [1.807, 2.05) is 24.6 Å². The molecule has 0 saturated heterocycles. The number of hydrogen-bond donors (Lipinski definition) is 1. The summed E-state index contributed by atoms with van der Waals surface area (Å²) in [4.78, 5) is 22.5. The van der Waals surface area contributed by atoms with Crippen molar-refractivity contribution in [3.63, 3.8) is 0 Å². The number of rotatable bonds is 7. The Balaban J connectivity index is 1.93. The Kier molecular flexibility index (Phi) is 5.72. The summed E-state index contributed by atoms with van der Waals surface area (Å²) >= 11 is 0. The highest BCUT2D eigenvalue weighted by atomic mass is 16.5. The van der Waals surface area contributed by atoms with E-state index in [2.05, 4.69) is 34.3 Å². The van der Waals surface area contributed by atoms with Crippen LogP contribution in [0.1, 0.15) is 51.3 Å². The molecule has 0 fully saturated rings. The summed E-state index contributed by atoms with van der Waals surface area (Å²) in [6, 6.07) is 0.125. The highest BCUT2D eigenvalue weighted by Crippen LogP contribution is 2.08. The van der Waals surface area contributed by atoms with Gasteiger partial charge in [0.25, 0.3) is 0 Å². The second kappa shape index (κ2) is 7.75. The smallest absolute Gasteiger partial charge is 0.318 e. The first-order valence-corrected chi connectivity index (χ1v) is 7.91. The first-order valence-electron chi connectivity index (χ1n) is 7.91. The number of aromatic nitrogens is 4. The number of imidazole rings is 1. The zero-order valence-corrected chi connectivity index (χ0v) is 14.1. The van der Waals surface area contributed by atoms with Gasteiger partial charge in [0.1, 0.15) is 12.4 Å². The molecule has 8 nitrogen and oxygen atoms in total. The molecule has 1 N–H and O–H groups in total. The molecule has 0 radical (unpaired) electrons. The maximum absolute atomic E-state index is 12.3. The summed E-state index contributed by atoms with van der Waals surface area (Å²) in [5, 5.41) is 6.73. The molecule has 0 aliphatic heterocycles. The Morgan fingerprint density at radius 1 is 1.43 bits per heavy atom. The summed E-state index contributed by atoms with van der Waals surface area (Å²) in [5.74, 6) is 1.92. The fourth-order valence-corrected chi connectivity index (χ4v) is 2.21. The third kappa shape index (κ3) is 4.30. The van der Waals surface area contributed by atoms with Crippen molar-refractivity contribution in [1.29, 1.82) is 0 Å². The number of nitrogens with one attached hydrogen (secondary N) is 1. The van der Waals surface area contributed by atoms with Crippen molar-refractivity contribution in [3.05, 3.63) is 29.9 Å². The second-order valence-electron chi connectivity index (χ2n) is 5.48. The average Bonchev–Trinajstić information content (AvgIpc) is 3.18.